The highest BCUT2D eigenvalue weighted by molar-refractivity contribution is 7.13. The Morgan fingerprint density at radius 3 is 2.58 bits per heavy atom. The Hall–Kier alpha value is -2.28. The number of carbonyl (C=O) groups is 2. The molecule has 0 atom stereocenters. The molecule has 0 aliphatic heterocycles. The van der Waals surface area contributed by atoms with Crippen LogP contribution in [0, 0.1) is 11.7 Å². The van der Waals surface area contributed by atoms with E-state index in [1.807, 2.05) is 0 Å². The standard InChI is InChI=1S/C17H17FN2O3S/c18-13-4-2-1-3-12(13)16-20-14(9-24-16)15(21)19-11-7-5-10(6-8-11)17(22)23/h1-4,9-11H,5-8H2,(H,19,21)(H,22,23). The smallest absolute Gasteiger partial charge is 0.306 e. The van der Waals surface area contributed by atoms with E-state index in [0.717, 1.165) is 0 Å². The number of aliphatic carboxylic acids is 1. The summed E-state index contributed by atoms with van der Waals surface area (Å²) in [6.45, 7) is 0. The fraction of sp³-hybridized carbons (Fsp3) is 0.353. The van der Waals surface area contributed by atoms with E-state index in [9.17, 15) is 14.0 Å². The van der Waals surface area contributed by atoms with Gasteiger partial charge in [0.05, 0.1) is 5.92 Å². The highest BCUT2D eigenvalue weighted by Gasteiger charge is 2.27. The predicted octanol–water partition coefficient (Wildman–Crippen LogP) is 3.32. The summed E-state index contributed by atoms with van der Waals surface area (Å²) in [6, 6.07) is 6.28. The van der Waals surface area contributed by atoms with Crippen molar-refractivity contribution in [2.75, 3.05) is 0 Å². The number of benzene rings is 1. The summed E-state index contributed by atoms with van der Waals surface area (Å²) < 4.78 is 13.8. The maximum absolute atomic E-state index is 13.8. The van der Waals surface area contributed by atoms with Gasteiger partial charge >= 0.3 is 5.97 Å². The summed E-state index contributed by atoms with van der Waals surface area (Å²) in [4.78, 5) is 27.4. The van der Waals surface area contributed by atoms with Crippen LogP contribution in [0.1, 0.15) is 36.2 Å². The SMILES string of the molecule is O=C(NC1CCC(C(=O)O)CC1)c1csc(-c2ccccc2F)n1. The van der Waals surface area contributed by atoms with Gasteiger partial charge in [0.25, 0.3) is 5.91 Å². The van der Waals surface area contributed by atoms with Gasteiger partial charge in [-0.15, -0.1) is 11.3 Å². The third-order valence-electron chi connectivity index (χ3n) is 4.25. The number of amides is 1. The number of aromatic nitrogens is 1. The molecule has 24 heavy (non-hydrogen) atoms. The molecule has 3 rings (SSSR count). The van der Waals surface area contributed by atoms with E-state index < -0.39 is 5.97 Å². The molecule has 126 valence electrons. The van der Waals surface area contributed by atoms with Crippen LogP contribution in [-0.2, 0) is 4.79 Å². The van der Waals surface area contributed by atoms with Crippen LogP contribution in [0.5, 0.6) is 0 Å². The molecule has 2 N–H and O–H groups in total. The minimum atomic E-state index is -0.770. The van der Waals surface area contributed by atoms with Gasteiger partial charge in [-0.3, -0.25) is 9.59 Å². The van der Waals surface area contributed by atoms with E-state index >= 15 is 0 Å². The Morgan fingerprint density at radius 2 is 1.92 bits per heavy atom. The number of carboxylic acid groups (broad SMARTS) is 1. The summed E-state index contributed by atoms with van der Waals surface area (Å²) in [5.74, 6) is -1.75. The van der Waals surface area contributed by atoms with Gasteiger partial charge in [-0.2, -0.15) is 0 Å². The van der Waals surface area contributed by atoms with Gasteiger partial charge in [-0.1, -0.05) is 12.1 Å². The van der Waals surface area contributed by atoms with E-state index in [1.54, 1.807) is 23.6 Å². The predicted molar refractivity (Wildman–Crippen MR) is 88.4 cm³/mol. The molecule has 1 aliphatic carbocycles. The molecular weight excluding hydrogens is 331 g/mol. The Morgan fingerprint density at radius 1 is 1.21 bits per heavy atom. The Balaban J connectivity index is 1.63. The number of thiazole rings is 1. The van der Waals surface area contributed by atoms with Crippen molar-refractivity contribution >= 4 is 23.2 Å². The number of halogens is 1. The molecule has 1 amide bonds. The van der Waals surface area contributed by atoms with E-state index in [2.05, 4.69) is 10.3 Å². The van der Waals surface area contributed by atoms with Crippen LogP contribution >= 0.6 is 11.3 Å². The second-order valence-corrected chi connectivity index (χ2v) is 6.74. The first-order valence-corrected chi connectivity index (χ1v) is 8.66. The van der Waals surface area contributed by atoms with Crippen molar-refractivity contribution in [2.24, 2.45) is 5.92 Å². The molecule has 0 saturated heterocycles. The highest BCUT2D eigenvalue weighted by atomic mass is 32.1. The lowest BCUT2D eigenvalue weighted by Crippen LogP contribution is -2.38. The van der Waals surface area contributed by atoms with Gasteiger partial charge in [0.2, 0.25) is 0 Å². The van der Waals surface area contributed by atoms with Crippen molar-refractivity contribution in [1.29, 1.82) is 0 Å². The fourth-order valence-electron chi connectivity index (χ4n) is 2.88. The molecule has 7 heteroatoms. The van der Waals surface area contributed by atoms with Crippen LogP contribution in [-0.4, -0.2) is 28.0 Å². The zero-order chi connectivity index (χ0) is 17.1. The number of carboxylic acids is 1. The van der Waals surface area contributed by atoms with Crippen molar-refractivity contribution in [2.45, 2.75) is 31.7 Å². The number of hydrogen-bond acceptors (Lipinski definition) is 4. The maximum atomic E-state index is 13.8. The lowest BCUT2D eigenvalue weighted by Gasteiger charge is -2.26. The van der Waals surface area contributed by atoms with Crippen LogP contribution in [0.25, 0.3) is 10.6 Å². The van der Waals surface area contributed by atoms with Gasteiger partial charge in [-0.25, -0.2) is 9.37 Å². The number of nitrogens with one attached hydrogen (secondary N) is 1. The molecule has 0 bridgehead atoms. The second-order valence-electron chi connectivity index (χ2n) is 5.88. The van der Waals surface area contributed by atoms with Crippen molar-refractivity contribution in [3.05, 3.63) is 41.2 Å². The number of hydrogen-bond donors (Lipinski definition) is 2. The normalized spacial score (nSPS) is 20.5. The zero-order valence-electron chi connectivity index (χ0n) is 12.9. The Labute approximate surface area is 142 Å². The van der Waals surface area contributed by atoms with E-state index in [1.165, 1.54) is 17.4 Å². The third-order valence-corrected chi connectivity index (χ3v) is 5.13. The largest absolute Gasteiger partial charge is 0.481 e. The summed E-state index contributed by atoms with van der Waals surface area (Å²) in [5, 5.41) is 14.0. The summed E-state index contributed by atoms with van der Waals surface area (Å²) in [5.41, 5.74) is 0.641. The lowest BCUT2D eigenvalue weighted by molar-refractivity contribution is -0.142. The average molecular weight is 348 g/mol. The molecule has 0 spiro atoms. The second kappa shape index (κ2) is 7.09. The lowest BCUT2D eigenvalue weighted by atomic mass is 9.86. The average Bonchev–Trinajstić information content (AvgIpc) is 3.05. The first kappa shape index (κ1) is 16.6. The minimum absolute atomic E-state index is 0.0355. The monoisotopic (exact) mass is 348 g/mol. The molecule has 2 aromatic rings. The first-order chi connectivity index (χ1) is 11.5. The van der Waals surface area contributed by atoms with Gasteiger partial charge in [0, 0.05) is 17.0 Å². The molecule has 1 heterocycles. The molecule has 1 fully saturated rings. The molecule has 1 aromatic heterocycles. The van der Waals surface area contributed by atoms with Gasteiger partial charge in [0.1, 0.15) is 16.5 Å². The van der Waals surface area contributed by atoms with Crippen LogP contribution in [0.2, 0.25) is 0 Å². The quantitative estimate of drug-likeness (QED) is 0.888. The maximum Gasteiger partial charge on any atom is 0.306 e. The van der Waals surface area contributed by atoms with Crippen LogP contribution in [0.4, 0.5) is 4.39 Å². The summed E-state index contributed by atoms with van der Waals surface area (Å²) >= 11 is 1.22. The minimum Gasteiger partial charge on any atom is -0.481 e. The topological polar surface area (TPSA) is 79.3 Å². The third kappa shape index (κ3) is 3.62. The first-order valence-electron chi connectivity index (χ1n) is 7.78. The molecule has 0 radical (unpaired) electrons. The molecule has 0 unspecified atom stereocenters. The van der Waals surface area contributed by atoms with Crippen molar-refractivity contribution < 1.29 is 19.1 Å². The van der Waals surface area contributed by atoms with E-state index in [4.69, 9.17) is 5.11 Å². The van der Waals surface area contributed by atoms with Gasteiger partial charge in [-0.05, 0) is 37.8 Å². The number of carbonyl (C=O) groups excluding carboxylic acids is 1. The molecule has 1 aromatic carbocycles. The van der Waals surface area contributed by atoms with Crippen molar-refractivity contribution in [3.63, 3.8) is 0 Å². The van der Waals surface area contributed by atoms with Crippen LogP contribution < -0.4 is 5.32 Å². The fourth-order valence-corrected chi connectivity index (χ4v) is 3.71. The zero-order valence-corrected chi connectivity index (χ0v) is 13.7. The number of rotatable bonds is 4. The summed E-state index contributed by atoms with van der Waals surface area (Å²) in [7, 11) is 0. The van der Waals surface area contributed by atoms with Crippen LogP contribution in [0.3, 0.4) is 0 Å². The van der Waals surface area contributed by atoms with Crippen molar-refractivity contribution in [3.8, 4) is 10.6 Å². The van der Waals surface area contributed by atoms with Crippen LogP contribution in [0.15, 0.2) is 29.6 Å². The molecular formula is C17H17FN2O3S. The molecule has 1 saturated carbocycles. The van der Waals surface area contributed by atoms with E-state index in [-0.39, 0.29) is 29.4 Å². The number of nitrogens with zero attached hydrogens (tertiary/aromatic N) is 1. The van der Waals surface area contributed by atoms with Gasteiger partial charge < -0.3 is 10.4 Å². The Bertz CT molecular complexity index is 754. The highest BCUT2D eigenvalue weighted by Crippen LogP contribution is 2.27. The van der Waals surface area contributed by atoms with Gasteiger partial charge in [0.15, 0.2) is 0 Å². The van der Waals surface area contributed by atoms with Crippen molar-refractivity contribution in [1.82, 2.24) is 10.3 Å². The molecule has 5 nitrogen and oxygen atoms in total. The van der Waals surface area contributed by atoms with E-state index in [0.29, 0.717) is 36.3 Å². The summed E-state index contributed by atoms with van der Waals surface area (Å²) in [6.07, 6.45) is 2.43. The Kier molecular flexibility index (Phi) is 4.89. The molecule has 1 aliphatic rings.